The lowest BCUT2D eigenvalue weighted by atomic mass is 10.1. The summed E-state index contributed by atoms with van der Waals surface area (Å²) >= 11 is 0. The molecule has 3 rings (SSSR count). The van der Waals surface area contributed by atoms with Crippen LogP contribution in [0.5, 0.6) is 0 Å². The Bertz CT molecular complexity index is 833. The summed E-state index contributed by atoms with van der Waals surface area (Å²) in [6.07, 6.45) is 3.86. The molecule has 0 atom stereocenters. The predicted octanol–water partition coefficient (Wildman–Crippen LogP) is 2.51. The maximum Gasteiger partial charge on any atom is 0.310 e. The Hall–Kier alpha value is -2.89. The molecule has 0 saturated carbocycles. The van der Waals surface area contributed by atoms with Crippen molar-refractivity contribution in [1.82, 2.24) is 19.6 Å². The highest BCUT2D eigenvalue weighted by Gasteiger charge is 2.14. The van der Waals surface area contributed by atoms with E-state index in [1.54, 1.807) is 15.6 Å². The lowest BCUT2D eigenvalue weighted by Gasteiger charge is -2.07. The van der Waals surface area contributed by atoms with Crippen molar-refractivity contribution in [2.24, 2.45) is 7.05 Å². The third-order valence-corrected chi connectivity index (χ3v) is 4.09. The van der Waals surface area contributed by atoms with E-state index in [0.717, 1.165) is 28.2 Å². The lowest BCUT2D eigenvalue weighted by molar-refractivity contribution is -0.144. The van der Waals surface area contributed by atoms with Crippen LogP contribution in [-0.4, -0.2) is 25.5 Å². The van der Waals surface area contributed by atoms with Gasteiger partial charge in [-0.3, -0.25) is 9.48 Å². The molecule has 0 radical (unpaired) electrons. The van der Waals surface area contributed by atoms with Crippen LogP contribution in [0.2, 0.25) is 0 Å². The number of esters is 1. The summed E-state index contributed by atoms with van der Waals surface area (Å²) in [5.74, 6) is -0.245. The number of nitrogens with zero attached hydrogens (tertiary/aromatic N) is 4. The van der Waals surface area contributed by atoms with Crippen molar-refractivity contribution in [2.45, 2.75) is 26.9 Å². The van der Waals surface area contributed by atoms with Crippen molar-refractivity contribution >= 4 is 5.97 Å². The Labute approximate surface area is 140 Å². The molecule has 1 aromatic carbocycles. The minimum absolute atomic E-state index is 0.245. The first-order valence-electron chi connectivity index (χ1n) is 7.78. The van der Waals surface area contributed by atoms with Crippen LogP contribution in [0, 0.1) is 13.8 Å². The topological polar surface area (TPSA) is 61.9 Å². The number of aryl methyl sites for hydroxylation is 2. The second-order valence-corrected chi connectivity index (χ2v) is 5.73. The van der Waals surface area contributed by atoms with Gasteiger partial charge in [-0.15, -0.1) is 0 Å². The highest BCUT2D eigenvalue weighted by atomic mass is 16.5. The second kappa shape index (κ2) is 6.70. The fourth-order valence-corrected chi connectivity index (χ4v) is 2.60. The van der Waals surface area contributed by atoms with E-state index in [0.29, 0.717) is 0 Å². The van der Waals surface area contributed by atoms with Gasteiger partial charge in [0.15, 0.2) is 0 Å². The SMILES string of the molecule is Cc1nn(C)c(C)c1CC(=O)OCc1ccc(-n2cccn2)cc1. The molecule has 0 aliphatic heterocycles. The molecular weight excluding hydrogens is 304 g/mol. The van der Waals surface area contributed by atoms with Gasteiger partial charge in [0.1, 0.15) is 6.61 Å². The zero-order valence-corrected chi connectivity index (χ0v) is 14.1. The molecule has 24 heavy (non-hydrogen) atoms. The van der Waals surface area contributed by atoms with E-state index in [1.165, 1.54) is 0 Å². The van der Waals surface area contributed by atoms with Gasteiger partial charge in [0.25, 0.3) is 0 Å². The van der Waals surface area contributed by atoms with E-state index in [-0.39, 0.29) is 19.0 Å². The van der Waals surface area contributed by atoms with Gasteiger partial charge in [-0.1, -0.05) is 12.1 Å². The summed E-state index contributed by atoms with van der Waals surface area (Å²) in [6, 6.07) is 9.64. The zero-order chi connectivity index (χ0) is 17.1. The molecule has 0 fully saturated rings. The monoisotopic (exact) mass is 324 g/mol. The van der Waals surface area contributed by atoms with Crippen LogP contribution >= 0.6 is 0 Å². The molecule has 0 spiro atoms. The summed E-state index contributed by atoms with van der Waals surface area (Å²) in [5, 5.41) is 8.50. The average molecular weight is 324 g/mol. The normalized spacial score (nSPS) is 10.8. The molecule has 2 aromatic heterocycles. The van der Waals surface area contributed by atoms with Crippen molar-refractivity contribution in [2.75, 3.05) is 0 Å². The van der Waals surface area contributed by atoms with Crippen molar-refractivity contribution in [1.29, 1.82) is 0 Å². The maximum atomic E-state index is 12.1. The Kier molecular flexibility index (Phi) is 4.46. The van der Waals surface area contributed by atoms with Crippen molar-refractivity contribution in [3.05, 3.63) is 65.2 Å². The van der Waals surface area contributed by atoms with Gasteiger partial charge >= 0.3 is 5.97 Å². The van der Waals surface area contributed by atoms with E-state index in [9.17, 15) is 4.79 Å². The van der Waals surface area contributed by atoms with Gasteiger partial charge in [0, 0.05) is 30.7 Å². The molecule has 0 amide bonds. The first kappa shape index (κ1) is 16.0. The molecule has 6 nitrogen and oxygen atoms in total. The van der Waals surface area contributed by atoms with Crippen molar-refractivity contribution < 1.29 is 9.53 Å². The number of ether oxygens (including phenoxy) is 1. The van der Waals surface area contributed by atoms with E-state index in [2.05, 4.69) is 10.2 Å². The van der Waals surface area contributed by atoms with Crippen LogP contribution in [0.1, 0.15) is 22.5 Å². The Morgan fingerprint density at radius 2 is 1.96 bits per heavy atom. The van der Waals surface area contributed by atoms with Crippen LogP contribution in [0.15, 0.2) is 42.7 Å². The van der Waals surface area contributed by atoms with E-state index in [4.69, 9.17) is 4.74 Å². The largest absolute Gasteiger partial charge is 0.461 e. The predicted molar refractivity (Wildman–Crippen MR) is 89.7 cm³/mol. The number of rotatable bonds is 5. The van der Waals surface area contributed by atoms with Crippen molar-refractivity contribution in [3.8, 4) is 5.69 Å². The first-order valence-corrected chi connectivity index (χ1v) is 7.78. The van der Waals surface area contributed by atoms with Gasteiger partial charge in [0.2, 0.25) is 0 Å². The molecule has 0 unspecified atom stereocenters. The van der Waals surface area contributed by atoms with Gasteiger partial charge in [-0.05, 0) is 37.6 Å². The molecule has 0 bridgehead atoms. The summed E-state index contributed by atoms with van der Waals surface area (Å²) in [4.78, 5) is 12.1. The maximum absolute atomic E-state index is 12.1. The number of carbonyl (C=O) groups is 1. The number of hydrogen-bond donors (Lipinski definition) is 0. The van der Waals surface area contributed by atoms with E-state index in [1.807, 2.05) is 57.4 Å². The molecule has 0 aliphatic carbocycles. The number of hydrogen-bond acceptors (Lipinski definition) is 4. The highest BCUT2D eigenvalue weighted by Crippen LogP contribution is 2.14. The average Bonchev–Trinajstić information content (AvgIpc) is 3.18. The van der Waals surface area contributed by atoms with Crippen LogP contribution < -0.4 is 0 Å². The molecule has 124 valence electrons. The van der Waals surface area contributed by atoms with Gasteiger partial charge in [-0.25, -0.2) is 4.68 Å². The molecule has 2 heterocycles. The Morgan fingerprint density at radius 3 is 2.54 bits per heavy atom. The zero-order valence-electron chi connectivity index (χ0n) is 14.1. The molecule has 3 aromatic rings. The minimum atomic E-state index is -0.245. The summed E-state index contributed by atoms with van der Waals surface area (Å²) < 4.78 is 8.95. The molecule has 0 saturated heterocycles. The molecular formula is C18H20N4O2. The Balaban J connectivity index is 1.58. The summed E-state index contributed by atoms with van der Waals surface area (Å²) in [7, 11) is 1.87. The van der Waals surface area contributed by atoms with Crippen molar-refractivity contribution in [3.63, 3.8) is 0 Å². The minimum Gasteiger partial charge on any atom is -0.461 e. The molecule has 0 aliphatic rings. The van der Waals surface area contributed by atoms with Crippen LogP contribution in [0.4, 0.5) is 0 Å². The number of benzene rings is 1. The second-order valence-electron chi connectivity index (χ2n) is 5.73. The summed E-state index contributed by atoms with van der Waals surface area (Å²) in [5.41, 5.74) is 4.72. The summed E-state index contributed by atoms with van der Waals surface area (Å²) in [6.45, 7) is 4.12. The smallest absolute Gasteiger partial charge is 0.310 e. The number of carbonyl (C=O) groups excluding carboxylic acids is 1. The molecule has 0 N–H and O–H groups in total. The fraction of sp³-hybridized carbons (Fsp3) is 0.278. The first-order chi connectivity index (χ1) is 11.5. The lowest BCUT2D eigenvalue weighted by Crippen LogP contribution is -2.09. The van der Waals surface area contributed by atoms with E-state index < -0.39 is 0 Å². The van der Waals surface area contributed by atoms with Crippen LogP contribution in [0.25, 0.3) is 5.69 Å². The van der Waals surface area contributed by atoms with Crippen LogP contribution in [0.3, 0.4) is 0 Å². The Morgan fingerprint density at radius 1 is 1.21 bits per heavy atom. The third-order valence-electron chi connectivity index (χ3n) is 4.09. The fourth-order valence-electron chi connectivity index (χ4n) is 2.60. The molecule has 6 heteroatoms. The van der Waals surface area contributed by atoms with Crippen LogP contribution in [-0.2, 0) is 29.6 Å². The van der Waals surface area contributed by atoms with Gasteiger partial charge in [0.05, 0.1) is 17.8 Å². The number of aromatic nitrogens is 4. The van der Waals surface area contributed by atoms with Gasteiger partial charge in [-0.2, -0.15) is 10.2 Å². The quantitative estimate of drug-likeness (QED) is 0.677. The van der Waals surface area contributed by atoms with Gasteiger partial charge < -0.3 is 4.74 Å². The highest BCUT2D eigenvalue weighted by molar-refractivity contribution is 5.73. The standard InChI is InChI=1S/C18H20N4O2/c1-13-17(14(2)21(3)20-13)11-18(23)24-12-15-5-7-16(8-6-15)22-10-4-9-19-22/h4-10H,11-12H2,1-3H3. The van der Waals surface area contributed by atoms with E-state index >= 15 is 0 Å². The third kappa shape index (κ3) is 3.37.